The van der Waals surface area contributed by atoms with Crippen LogP contribution in [-0.2, 0) is 9.53 Å². The third-order valence-corrected chi connectivity index (χ3v) is 3.96. The third kappa shape index (κ3) is 4.57. The Morgan fingerprint density at radius 1 is 1.12 bits per heavy atom. The summed E-state index contributed by atoms with van der Waals surface area (Å²) in [5, 5.41) is 2.93. The van der Waals surface area contributed by atoms with Gasteiger partial charge in [0.15, 0.2) is 6.10 Å². The van der Waals surface area contributed by atoms with Crippen LogP contribution in [0, 0.1) is 26.6 Å². The molecule has 2 aromatic rings. The van der Waals surface area contributed by atoms with Crippen LogP contribution < -0.4 is 5.32 Å². The zero-order valence-corrected chi connectivity index (χ0v) is 15.2. The monoisotopic (exact) mass is 363 g/mol. The van der Waals surface area contributed by atoms with Crippen molar-refractivity contribution < 1.29 is 18.7 Å². The zero-order chi connectivity index (χ0) is 18.7. The number of anilines is 1. The lowest BCUT2D eigenvalue weighted by Crippen LogP contribution is -2.30. The molecule has 0 heterocycles. The van der Waals surface area contributed by atoms with E-state index in [1.807, 2.05) is 32.9 Å². The molecule has 25 heavy (non-hydrogen) atoms. The molecule has 0 fully saturated rings. The first-order valence-corrected chi connectivity index (χ1v) is 8.11. The number of rotatable bonds is 4. The summed E-state index contributed by atoms with van der Waals surface area (Å²) >= 11 is 5.65. The molecule has 0 aliphatic carbocycles. The molecule has 0 saturated carbocycles. The fourth-order valence-electron chi connectivity index (χ4n) is 2.53. The van der Waals surface area contributed by atoms with Gasteiger partial charge in [-0.2, -0.15) is 0 Å². The quantitative estimate of drug-likeness (QED) is 0.808. The van der Waals surface area contributed by atoms with Crippen molar-refractivity contribution in [2.24, 2.45) is 0 Å². The van der Waals surface area contributed by atoms with Gasteiger partial charge >= 0.3 is 5.97 Å². The van der Waals surface area contributed by atoms with Gasteiger partial charge in [-0.1, -0.05) is 29.3 Å². The lowest BCUT2D eigenvalue weighted by Gasteiger charge is -2.17. The van der Waals surface area contributed by atoms with Gasteiger partial charge in [-0.25, -0.2) is 9.18 Å². The predicted octanol–water partition coefficient (Wildman–Crippen LogP) is 4.59. The molecular weight excluding hydrogens is 345 g/mol. The van der Waals surface area contributed by atoms with Gasteiger partial charge in [0.05, 0.1) is 5.56 Å². The number of amides is 1. The van der Waals surface area contributed by atoms with E-state index in [-0.39, 0.29) is 10.6 Å². The molecule has 2 rings (SSSR count). The van der Waals surface area contributed by atoms with Gasteiger partial charge in [-0.05, 0) is 57.0 Å². The summed E-state index contributed by atoms with van der Waals surface area (Å²) in [6.07, 6.45) is -1.08. The molecule has 0 bridgehead atoms. The van der Waals surface area contributed by atoms with Crippen molar-refractivity contribution in [1.29, 1.82) is 0 Å². The summed E-state index contributed by atoms with van der Waals surface area (Å²) in [4.78, 5) is 24.3. The maximum atomic E-state index is 13.8. The number of halogens is 2. The fourth-order valence-corrected chi connectivity index (χ4v) is 2.69. The molecule has 0 aliphatic heterocycles. The van der Waals surface area contributed by atoms with E-state index < -0.39 is 23.8 Å². The second-order valence-electron chi connectivity index (χ2n) is 5.93. The van der Waals surface area contributed by atoms with Crippen LogP contribution in [0.25, 0.3) is 0 Å². The molecule has 1 N–H and O–H groups in total. The first-order chi connectivity index (χ1) is 11.7. The number of aryl methyl sites for hydroxylation is 3. The molecule has 132 valence electrons. The van der Waals surface area contributed by atoms with Crippen LogP contribution in [0.4, 0.5) is 10.1 Å². The maximum absolute atomic E-state index is 13.8. The number of benzene rings is 2. The van der Waals surface area contributed by atoms with Crippen LogP contribution in [0.15, 0.2) is 30.3 Å². The van der Waals surface area contributed by atoms with Crippen LogP contribution in [0.3, 0.4) is 0 Å². The highest BCUT2D eigenvalue weighted by molar-refractivity contribution is 6.30. The van der Waals surface area contributed by atoms with Gasteiger partial charge in [0, 0.05) is 10.7 Å². The Bertz CT molecular complexity index is 812. The summed E-state index contributed by atoms with van der Waals surface area (Å²) in [6.45, 7) is 7.17. The minimum atomic E-state index is -1.08. The molecular formula is C19H19ClFNO3. The molecule has 0 aliphatic rings. The molecule has 1 unspecified atom stereocenters. The van der Waals surface area contributed by atoms with E-state index in [9.17, 15) is 14.0 Å². The summed E-state index contributed by atoms with van der Waals surface area (Å²) in [6, 6.07) is 7.51. The van der Waals surface area contributed by atoms with Gasteiger partial charge in [0.2, 0.25) is 0 Å². The van der Waals surface area contributed by atoms with Crippen molar-refractivity contribution >= 4 is 29.2 Å². The van der Waals surface area contributed by atoms with Gasteiger partial charge in [0.25, 0.3) is 5.91 Å². The number of hydrogen-bond donors (Lipinski definition) is 1. The second kappa shape index (κ2) is 7.66. The minimum absolute atomic E-state index is 0.171. The highest BCUT2D eigenvalue weighted by Gasteiger charge is 2.22. The van der Waals surface area contributed by atoms with Crippen LogP contribution >= 0.6 is 11.6 Å². The molecule has 0 aromatic heterocycles. The Morgan fingerprint density at radius 2 is 1.72 bits per heavy atom. The molecule has 1 amide bonds. The normalized spacial score (nSPS) is 11.8. The van der Waals surface area contributed by atoms with E-state index in [0.717, 1.165) is 22.8 Å². The topological polar surface area (TPSA) is 55.4 Å². The van der Waals surface area contributed by atoms with Crippen LogP contribution in [0.2, 0.25) is 5.02 Å². The first kappa shape index (κ1) is 18.9. The zero-order valence-electron chi connectivity index (χ0n) is 14.4. The van der Waals surface area contributed by atoms with E-state index in [4.69, 9.17) is 16.3 Å². The van der Waals surface area contributed by atoms with E-state index >= 15 is 0 Å². The average Bonchev–Trinajstić information content (AvgIpc) is 2.50. The lowest BCUT2D eigenvalue weighted by molar-refractivity contribution is -0.123. The molecule has 0 saturated heterocycles. The lowest BCUT2D eigenvalue weighted by atomic mass is 10.0. The van der Waals surface area contributed by atoms with Crippen LogP contribution in [-0.4, -0.2) is 18.0 Å². The second-order valence-corrected chi connectivity index (χ2v) is 6.37. The molecule has 2 aromatic carbocycles. The Kier molecular flexibility index (Phi) is 5.80. The number of hydrogen-bond acceptors (Lipinski definition) is 3. The van der Waals surface area contributed by atoms with Crippen LogP contribution in [0.1, 0.15) is 34.0 Å². The summed E-state index contributed by atoms with van der Waals surface area (Å²) in [5.74, 6) is -2.21. The van der Waals surface area contributed by atoms with E-state index in [2.05, 4.69) is 5.32 Å². The summed E-state index contributed by atoms with van der Waals surface area (Å²) in [5.41, 5.74) is 3.31. The van der Waals surface area contributed by atoms with Crippen molar-refractivity contribution in [3.8, 4) is 0 Å². The number of carbonyl (C=O) groups excluding carboxylic acids is 2. The van der Waals surface area contributed by atoms with E-state index in [1.165, 1.54) is 19.1 Å². The highest BCUT2D eigenvalue weighted by Crippen LogP contribution is 2.22. The standard InChI is InChI=1S/C19H19ClFNO3/c1-10-7-11(2)17(12(3)8-10)22-18(23)13(4)25-19(24)15-6-5-14(20)9-16(15)21/h5-9,13H,1-4H3,(H,22,23). The fraction of sp³-hybridized carbons (Fsp3) is 0.263. The minimum Gasteiger partial charge on any atom is -0.449 e. The van der Waals surface area contributed by atoms with Crippen molar-refractivity contribution in [3.63, 3.8) is 0 Å². The number of nitrogens with one attached hydrogen (secondary N) is 1. The predicted molar refractivity (Wildman–Crippen MR) is 95.6 cm³/mol. The molecule has 0 radical (unpaired) electrons. The molecule has 0 spiro atoms. The van der Waals surface area contributed by atoms with Crippen LogP contribution in [0.5, 0.6) is 0 Å². The smallest absolute Gasteiger partial charge is 0.341 e. The SMILES string of the molecule is Cc1cc(C)c(NC(=O)C(C)OC(=O)c2ccc(Cl)cc2F)c(C)c1. The Labute approximate surface area is 150 Å². The van der Waals surface area contributed by atoms with Gasteiger partial charge < -0.3 is 10.1 Å². The molecule has 1 atom stereocenters. The summed E-state index contributed by atoms with van der Waals surface area (Å²) < 4.78 is 18.8. The van der Waals surface area contributed by atoms with Crippen molar-refractivity contribution in [1.82, 2.24) is 0 Å². The number of carbonyl (C=O) groups is 2. The number of ether oxygens (including phenoxy) is 1. The Balaban J connectivity index is 2.09. The molecule has 4 nitrogen and oxygen atoms in total. The van der Waals surface area contributed by atoms with Gasteiger partial charge in [-0.3, -0.25) is 4.79 Å². The van der Waals surface area contributed by atoms with Gasteiger partial charge in [-0.15, -0.1) is 0 Å². The maximum Gasteiger partial charge on any atom is 0.341 e. The van der Waals surface area contributed by atoms with E-state index in [0.29, 0.717) is 5.69 Å². The average molecular weight is 364 g/mol. The van der Waals surface area contributed by atoms with Crippen molar-refractivity contribution in [2.75, 3.05) is 5.32 Å². The molecule has 6 heteroatoms. The Hall–Kier alpha value is -2.40. The van der Waals surface area contributed by atoms with Crippen molar-refractivity contribution in [2.45, 2.75) is 33.8 Å². The highest BCUT2D eigenvalue weighted by atomic mass is 35.5. The third-order valence-electron chi connectivity index (χ3n) is 3.73. The summed E-state index contributed by atoms with van der Waals surface area (Å²) in [7, 11) is 0. The van der Waals surface area contributed by atoms with E-state index in [1.54, 1.807) is 0 Å². The van der Waals surface area contributed by atoms with Gasteiger partial charge in [0.1, 0.15) is 5.82 Å². The largest absolute Gasteiger partial charge is 0.449 e. The first-order valence-electron chi connectivity index (χ1n) is 7.73. The number of esters is 1. The Morgan fingerprint density at radius 3 is 2.28 bits per heavy atom. The van der Waals surface area contributed by atoms with Crippen molar-refractivity contribution in [3.05, 3.63) is 63.4 Å².